The molecular weight excluding hydrogens is 263 g/mol. The second-order valence-electron chi connectivity index (χ2n) is 5.40. The molecule has 0 aromatic heterocycles. The van der Waals surface area contributed by atoms with E-state index in [0.717, 1.165) is 29.5 Å². The molecule has 2 aromatic rings. The smallest absolute Gasteiger partial charge is 0.488 e. The van der Waals surface area contributed by atoms with E-state index in [9.17, 15) is 10.0 Å². The first kappa shape index (κ1) is 15.9. The second-order valence-corrected chi connectivity index (χ2v) is 5.40. The average molecular weight is 286 g/mol. The Labute approximate surface area is 126 Å². The minimum Gasteiger partial charge on any atom is -0.494 e. The van der Waals surface area contributed by atoms with Gasteiger partial charge in [-0.15, -0.1) is 0 Å². The summed E-state index contributed by atoms with van der Waals surface area (Å²) in [6.07, 6.45) is 6.15. The molecule has 0 aliphatic heterocycles. The summed E-state index contributed by atoms with van der Waals surface area (Å²) in [5, 5.41) is 20.4. The van der Waals surface area contributed by atoms with Crippen molar-refractivity contribution < 1.29 is 14.8 Å². The van der Waals surface area contributed by atoms with E-state index in [4.69, 9.17) is 4.74 Å². The van der Waals surface area contributed by atoms with Crippen molar-refractivity contribution in [1.29, 1.82) is 0 Å². The fourth-order valence-electron chi connectivity index (χ4n) is 2.39. The maximum absolute atomic E-state index is 9.17. The van der Waals surface area contributed by atoms with Crippen molar-refractivity contribution in [2.24, 2.45) is 0 Å². The number of hydrogen-bond donors (Lipinski definition) is 2. The van der Waals surface area contributed by atoms with Crippen LogP contribution in [0.1, 0.15) is 39.0 Å². The highest BCUT2D eigenvalue weighted by atomic mass is 16.5. The summed E-state index contributed by atoms with van der Waals surface area (Å²) in [6, 6.07) is 11.3. The molecule has 0 bridgehead atoms. The summed E-state index contributed by atoms with van der Waals surface area (Å²) in [6.45, 7) is 2.97. The maximum Gasteiger partial charge on any atom is 0.488 e. The molecule has 0 spiro atoms. The van der Waals surface area contributed by atoms with Crippen molar-refractivity contribution in [2.45, 2.75) is 39.0 Å². The van der Waals surface area contributed by atoms with Gasteiger partial charge in [-0.3, -0.25) is 0 Å². The average Bonchev–Trinajstić information content (AvgIpc) is 2.50. The molecule has 0 aliphatic carbocycles. The standard InChI is InChI=1S/C17H23BO3/c1-2-3-4-5-6-11-21-17-10-8-14-12-16(18(19)20)9-7-15(14)13-17/h7-10,12-13,19-20H,2-6,11H2,1H3. The Morgan fingerprint density at radius 2 is 1.62 bits per heavy atom. The summed E-state index contributed by atoms with van der Waals surface area (Å²) in [7, 11) is -1.42. The molecule has 0 saturated carbocycles. The first-order chi connectivity index (χ1) is 10.2. The van der Waals surface area contributed by atoms with E-state index in [1.54, 1.807) is 12.1 Å². The van der Waals surface area contributed by atoms with Crippen LogP contribution in [0, 0.1) is 0 Å². The number of benzene rings is 2. The predicted molar refractivity (Wildman–Crippen MR) is 88.0 cm³/mol. The zero-order chi connectivity index (χ0) is 15.1. The zero-order valence-electron chi connectivity index (χ0n) is 12.6. The monoisotopic (exact) mass is 286 g/mol. The Morgan fingerprint density at radius 3 is 2.38 bits per heavy atom. The number of rotatable bonds is 8. The van der Waals surface area contributed by atoms with Crippen LogP contribution in [-0.4, -0.2) is 23.8 Å². The van der Waals surface area contributed by atoms with Crippen LogP contribution in [0.2, 0.25) is 0 Å². The van der Waals surface area contributed by atoms with E-state index in [1.165, 1.54) is 25.7 Å². The Balaban J connectivity index is 1.91. The van der Waals surface area contributed by atoms with Crippen LogP contribution in [0.5, 0.6) is 5.75 Å². The Bertz CT molecular complexity index is 569. The van der Waals surface area contributed by atoms with Gasteiger partial charge in [-0.1, -0.05) is 56.9 Å². The van der Waals surface area contributed by atoms with Gasteiger partial charge in [-0.25, -0.2) is 0 Å². The highest BCUT2D eigenvalue weighted by molar-refractivity contribution is 6.58. The molecular formula is C17H23BO3. The molecule has 112 valence electrons. The van der Waals surface area contributed by atoms with Gasteiger partial charge in [0, 0.05) is 0 Å². The van der Waals surface area contributed by atoms with Crippen molar-refractivity contribution in [1.82, 2.24) is 0 Å². The molecule has 21 heavy (non-hydrogen) atoms. The normalized spacial score (nSPS) is 10.8. The topological polar surface area (TPSA) is 49.7 Å². The minimum absolute atomic E-state index is 0.507. The fourth-order valence-corrected chi connectivity index (χ4v) is 2.39. The van der Waals surface area contributed by atoms with E-state index >= 15 is 0 Å². The van der Waals surface area contributed by atoms with E-state index in [1.807, 2.05) is 24.3 Å². The van der Waals surface area contributed by atoms with Crippen LogP contribution in [0.15, 0.2) is 36.4 Å². The van der Waals surface area contributed by atoms with Gasteiger partial charge in [0.05, 0.1) is 6.61 Å². The summed E-state index contributed by atoms with van der Waals surface area (Å²) in [5.74, 6) is 0.871. The van der Waals surface area contributed by atoms with Crippen LogP contribution in [0.25, 0.3) is 10.8 Å². The summed E-state index contributed by atoms with van der Waals surface area (Å²) in [5.41, 5.74) is 0.507. The summed E-state index contributed by atoms with van der Waals surface area (Å²) >= 11 is 0. The molecule has 2 aromatic carbocycles. The highest BCUT2D eigenvalue weighted by Gasteiger charge is 2.10. The van der Waals surface area contributed by atoms with Crippen LogP contribution in [0.4, 0.5) is 0 Å². The van der Waals surface area contributed by atoms with Gasteiger partial charge >= 0.3 is 7.12 Å². The van der Waals surface area contributed by atoms with Gasteiger partial charge in [-0.2, -0.15) is 0 Å². The van der Waals surface area contributed by atoms with Gasteiger partial charge in [0.1, 0.15) is 5.75 Å². The molecule has 0 saturated heterocycles. The molecule has 0 fully saturated rings. The summed E-state index contributed by atoms with van der Waals surface area (Å²) in [4.78, 5) is 0. The minimum atomic E-state index is -1.42. The number of unbranched alkanes of at least 4 members (excludes halogenated alkanes) is 4. The van der Waals surface area contributed by atoms with E-state index < -0.39 is 7.12 Å². The van der Waals surface area contributed by atoms with Crippen LogP contribution in [0.3, 0.4) is 0 Å². The summed E-state index contributed by atoms with van der Waals surface area (Å²) < 4.78 is 5.77. The van der Waals surface area contributed by atoms with E-state index in [-0.39, 0.29) is 0 Å². The van der Waals surface area contributed by atoms with E-state index in [0.29, 0.717) is 5.46 Å². The molecule has 3 nitrogen and oxygen atoms in total. The molecule has 4 heteroatoms. The Morgan fingerprint density at radius 1 is 0.905 bits per heavy atom. The van der Waals surface area contributed by atoms with Gasteiger partial charge in [0.15, 0.2) is 0 Å². The van der Waals surface area contributed by atoms with Crippen LogP contribution >= 0.6 is 0 Å². The lowest BCUT2D eigenvalue weighted by Crippen LogP contribution is -2.29. The third-order valence-electron chi connectivity index (χ3n) is 3.65. The number of hydrogen-bond acceptors (Lipinski definition) is 3. The number of ether oxygens (including phenoxy) is 1. The lowest BCUT2D eigenvalue weighted by molar-refractivity contribution is 0.305. The van der Waals surface area contributed by atoms with Crippen molar-refractivity contribution in [3.05, 3.63) is 36.4 Å². The lowest BCUT2D eigenvalue weighted by atomic mass is 9.79. The van der Waals surface area contributed by atoms with Gasteiger partial charge in [-0.05, 0) is 34.8 Å². The first-order valence-corrected chi connectivity index (χ1v) is 7.73. The Hall–Kier alpha value is -1.52. The Kier molecular flexibility index (Phi) is 6.09. The van der Waals surface area contributed by atoms with Gasteiger partial charge in [0.25, 0.3) is 0 Å². The van der Waals surface area contributed by atoms with E-state index in [2.05, 4.69) is 6.92 Å². The van der Waals surface area contributed by atoms with Crippen LogP contribution < -0.4 is 10.2 Å². The van der Waals surface area contributed by atoms with Gasteiger partial charge in [0.2, 0.25) is 0 Å². The van der Waals surface area contributed by atoms with Crippen molar-refractivity contribution in [3.63, 3.8) is 0 Å². The van der Waals surface area contributed by atoms with Crippen LogP contribution in [-0.2, 0) is 0 Å². The predicted octanol–water partition coefficient (Wildman–Crippen LogP) is 2.87. The van der Waals surface area contributed by atoms with Crippen molar-refractivity contribution in [3.8, 4) is 5.75 Å². The highest BCUT2D eigenvalue weighted by Crippen LogP contribution is 2.20. The maximum atomic E-state index is 9.17. The zero-order valence-corrected chi connectivity index (χ0v) is 12.6. The molecule has 0 unspecified atom stereocenters. The largest absolute Gasteiger partial charge is 0.494 e. The fraction of sp³-hybridized carbons (Fsp3) is 0.412. The SMILES string of the molecule is CCCCCCCOc1ccc2cc(B(O)O)ccc2c1. The second kappa shape index (κ2) is 8.06. The third kappa shape index (κ3) is 4.76. The molecule has 0 heterocycles. The van der Waals surface area contributed by atoms with Crippen molar-refractivity contribution >= 4 is 23.4 Å². The third-order valence-corrected chi connectivity index (χ3v) is 3.65. The molecule has 0 aliphatic rings. The van der Waals surface area contributed by atoms with Crippen molar-refractivity contribution in [2.75, 3.05) is 6.61 Å². The quantitative estimate of drug-likeness (QED) is 0.579. The molecule has 0 radical (unpaired) electrons. The molecule has 0 atom stereocenters. The molecule has 2 rings (SSSR count). The molecule has 0 amide bonds. The molecule has 2 N–H and O–H groups in total. The lowest BCUT2D eigenvalue weighted by Gasteiger charge is -2.08. The first-order valence-electron chi connectivity index (χ1n) is 7.73. The van der Waals surface area contributed by atoms with Gasteiger partial charge < -0.3 is 14.8 Å². The number of fused-ring (bicyclic) bond motifs is 1.